The Kier molecular flexibility index (Phi) is 4.39. The standard InChI is InChI=1S/C16H15N3O4S/c1-3-23-15(20)13-10(2)17-16-18(8-9-24-16)14(13)11-4-6-12(7-5-11)19(21)22/h4-9,14H,3H2,1-2H3. The topological polar surface area (TPSA) is 85.0 Å². The van der Waals surface area contributed by atoms with E-state index in [4.69, 9.17) is 4.74 Å². The Labute approximate surface area is 142 Å². The van der Waals surface area contributed by atoms with E-state index in [1.807, 2.05) is 16.5 Å². The Hall–Kier alpha value is -2.61. The average molecular weight is 345 g/mol. The first-order valence-electron chi connectivity index (χ1n) is 7.35. The molecule has 2 heterocycles. The van der Waals surface area contributed by atoms with Gasteiger partial charge in [0.2, 0.25) is 0 Å². The third-order valence-corrected chi connectivity index (χ3v) is 4.51. The molecule has 0 fully saturated rings. The summed E-state index contributed by atoms with van der Waals surface area (Å²) < 4.78 is 5.18. The molecule has 2 aliphatic rings. The fourth-order valence-corrected chi connectivity index (χ4v) is 3.47. The van der Waals surface area contributed by atoms with Crippen LogP contribution in [0, 0.1) is 10.1 Å². The molecule has 1 atom stereocenters. The maximum atomic E-state index is 12.4. The van der Waals surface area contributed by atoms with E-state index in [2.05, 4.69) is 4.99 Å². The number of hydrogen-bond donors (Lipinski definition) is 0. The van der Waals surface area contributed by atoms with E-state index < -0.39 is 16.9 Å². The van der Waals surface area contributed by atoms with E-state index in [0.717, 1.165) is 10.7 Å². The zero-order valence-corrected chi connectivity index (χ0v) is 13.9. The number of aliphatic imine (C=N–C) groups is 1. The lowest BCUT2D eigenvalue weighted by Gasteiger charge is -2.33. The highest BCUT2D eigenvalue weighted by Gasteiger charge is 2.37. The van der Waals surface area contributed by atoms with Gasteiger partial charge in [-0.15, -0.1) is 0 Å². The van der Waals surface area contributed by atoms with Gasteiger partial charge in [-0.05, 0) is 37.0 Å². The van der Waals surface area contributed by atoms with Gasteiger partial charge >= 0.3 is 5.97 Å². The molecule has 2 aliphatic heterocycles. The van der Waals surface area contributed by atoms with Crippen LogP contribution >= 0.6 is 11.8 Å². The van der Waals surface area contributed by atoms with Gasteiger partial charge in [0.15, 0.2) is 5.17 Å². The van der Waals surface area contributed by atoms with Gasteiger partial charge in [0.1, 0.15) is 0 Å². The predicted molar refractivity (Wildman–Crippen MR) is 91.2 cm³/mol. The van der Waals surface area contributed by atoms with Crippen LogP contribution in [0.3, 0.4) is 0 Å². The number of non-ortho nitro benzene ring substituents is 1. The quantitative estimate of drug-likeness (QED) is 0.472. The summed E-state index contributed by atoms with van der Waals surface area (Å²) in [6.45, 7) is 3.79. The molecule has 24 heavy (non-hydrogen) atoms. The second-order valence-electron chi connectivity index (χ2n) is 5.18. The number of nitro benzene ring substituents is 1. The number of fused-ring (bicyclic) bond motifs is 1. The molecule has 0 spiro atoms. The summed E-state index contributed by atoms with van der Waals surface area (Å²) in [6, 6.07) is 5.78. The smallest absolute Gasteiger partial charge is 0.338 e. The third kappa shape index (κ3) is 2.80. The molecule has 0 bridgehead atoms. The molecule has 0 saturated heterocycles. The lowest BCUT2D eigenvalue weighted by molar-refractivity contribution is -0.384. The second-order valence-corrected chi connectivity index (χ2v) is 6.05. The molecule has 0 aromatic heterocycles. The van der Waals surface area contributed by atoms with Crippen LogP contribution in [-0.4, -0.2) is 27.6 Å². The number of rotatable bonds is 4. The van der Waals surface area contributed by atoms with E-state index in [1.165, 1.54) is 23.9 Å². The average Bonchev–Trinajstić information content (AvgIpc) is 3.01. The maximum absolute atomic E-state index is 12.4. The number of carbonyl (C=O) groups excluding carboxylic acids is 1. The SMILES string of the molecule is CCOC(=O)C1=C(C)N=C2SC=CN2C1c1ccc([N+](=O)[O-])cc1. The Morgan fingerprint density at radius 3 is 2.75 bits per heavy atom. The van der Waals surface area contributed by atoms with Crippen LogP contribution in [0.4, 0.5) is 5.69 Å². The molecule has 1 aromatic rings. The first kappa shape index (κ1) is 16.3. The van der Waals surface area contributed by atoms with Gasteiger partial charge in [-0.1, -0.05) is 11.8 Å². The molecule has 3 rings (SSSR count). The lowest BCUT2D eigenvalue weighted by Crippen LogP contribution is -2.34. The van der Waals surface area contributed by atoms with Crippen molar-refractivity contribution in [2.24, 2.45) is 4.99 Å². The van der Waals surface area contributed by atoms with Crippen LogP contribution in [0.5, 0.6) is 0 Å². The summed E-state index contributed by atoms with van der Waals surface area (Å²) >= 11 is 1.46. The summed E-state index contributed by atoms with van der Waals surface area (Å²) in [5.41, 5.74) is 1.82. The highest BCUT2D eigenvalue weighted by Crippen LogP contribution is 2.41. The van der Waals surface area contributed by atoms with E-state index in [1.54, 1.807) is 26.0 Å². The molecule has 0 radical (unpaired) electrons. The first-order valence-corrected chi connectivity index (χ1v) is 8.23. The van der Waals surface area contributed by atoms with E-state index >= 15 is 0 Å². The molecule has 124 valence electrons. The van der Waals surface area contributed by atoms with Gasteiger partial charge in [-0.2, -0.15) is 0 Å². The number of amidine groups is 1. The minimum Gasteiger partial charge on any atom is -0.463 e. The minimum absolute atomic E-state index is 0.00757. The van der Waals surface area contributed by atoms with Gasteiger partial charge in [0.05, 0.1) is 28.8 Å². The largest absolute Gasteiger partial charge is 0.463 e. The van der Waals surface area contributed by atoms with Crippen molar-refractivity contribution >= 4 is 28.6 Å². The zero-order valence-electron chi connectivity index (χ0n) is 13.1. The number of allylic oxidation sites excluding steroid dienone is 1. The first-order chi connectivity index (χ1) is 11.5. The van der Waals surface area contributed by atoms with Crippen molar-refractivity contribution in [3.05, 3.63) is 62.8 Å². The van der Waals surface area contributed by atoms with Crippen molar-refractivity contribution in [2.75, 3.05) is 6.61 Å². The van der Waals surface area contributed by atoms with E-state index in [0.29, 0.717) is 11.3 Å². The minimum atomic E-state index is -0.448. The van der Waals surface area contributed by atoms with Crippen LogP contribution in [-0.2, 0) is 9.53 Å². The van der Waals surface area contributed by atoms with Crippen LogP contribution in [0.15, 0.2) is 52.1 Å². The summed E-state index contributed by atoms with van der Waals surface area (Å²) in [5, 5.41) is 13.5. The molecule has 8 heteroatoms. The summed E-state index contributed by atoms with van der Waals surface area (Å²) in [6.07, 6.45) is 1.85. The Balaban J connectivity index is 2.07. The van der Waals surface area contributed by atoms with Gasteiger partial charge in [-0.3, -0.25) is 10.1 Å². The number of thioether (sulfide) groups is 1. The molecule has 0 aliphatic carbocycles. The molecular weight excluding hydrogens is 330 g/mol. The molecule has 0 amide bonds. The highest BCUT2D eigenvalue weighted by molar-refractivity contribution is 8.16. The number of hydrogen-bond acceptors (Lipinski definition) is 7. The summed E-state index contributed by atoms with van der Waals surface area (Å²) in [5.74, 6) is -0.425. The van der Waals surface area contributed by atoms with Crippen LogP contribution in [0.2, 0.25) is 0 Å². The van der Waals surface area contributed by atoms with Crippen molar-refractivity contribution in [3.8, 4) is 0 Å². The Morgan fingerprint density at radius 1 is 1.42 bits per heavy atom. The van der Waals surface area contributed by atoms with Gasteiger partial charge in [0.25, 0.3) is 5.69 Å². The Bertz CT molecular complexity index is 783. The zero-order chi connectivity index (χ0) is 17.3. The van der Waals surface area contributed by atoms with Crippen LogP contribution < -0.4 is 0 Å². The van der Waals surface area contributed by atoms with Crippen molar-refractivity contribution in [1.29, 1.82) is 0 Å². The number of carbonyl (C=O) groups is 1. The third-order valence-electron chi connectivity index (χ3n) is 3.74. The van der Waals surface area contributed by atoms with Crippen LogP contribution in [0.25, 0.3) is 0 Å². The summed E-state index contributed by atoms with van der Waals surface area (Å²) in [4.78, 5) is 29.2. The summed E-state index contributed by atoms with van der Waals surface area (Å²) in [7, 11) is 0. The maximum Gasteiger partial charge on any atom is 0.338 e. The van der Waals surface area contributed by atoms with Crippen LogP contribution in [0.1, 0.15) is 25.5 Å². The molecule has 0 saturated carbocycles. The molecule has 7 nitrogen and oxygen atoms in total. The lowest BCUT2D eigenvalue weighted by atomic mass is 9.94. The van der Waals surface area contributed by atoms with Crippen molar-refractivity contribution in [3.63, 3.8) is 0 Å². The number of nitrogens with zero attached hydrogens (tertiary/aromatic N) is 3. The van der Waals surface area contributed by atoms with E-state index in [-0.39, 0.29) is 12.3 Å². The molecule has 1 unspecified atom stereocenters. The second kappa shape index (κ2) is 6.48. The van der Waals surface area contributed by atoms with Crippen molar-refractivity contribution in [1.82, 2.24) is 4.90 Å². The van der Waals surface area contributed by atoms with Crippen molar-refractivity contribution < 1.29 is 14.5 Å². The number of esters is 1. The molecular formula is C16H15N3O4S. The predicted octanol–water partition coefficient (Wildman–Crippen LogP) is 3.36. The fraction of sp³-hybridized carbons (Fsp3) is 0.250. The monoisotopic (exact) mass is 345 g/mol. The highest BCUT2D eigenvalue weighted by atomic mass is 32.2. The van der Waals surface area contributed by atoms with Gasteiger partial charge in [-0.25, -0.2) is 9.79 Å². The number of ether oxygens (including phenoxy) is 1. The molecule has 0 N–H and O–H groups in total. The van der Waals surface area contributed by atoms with E-state index in [9.17, 15) is 14.9 Å². The van der Waals surface area contributed by atoms with Gasteiger partial charge in [0, 0.05) is 18.3 Å². The Morgan fingerprint density at radius 2 is 2.12 bits per heavy atom. The van der Waals surface area contributed by atoms with Crippen molar-refractivity contribution in [2.45, 2.75) is 19.9 Å². The fourth-order valence-electron chi connectivity index (χ4n) is 2.68. The number of nitro groups is 1. The normalized spacial score (nSPS) is 19.2. The van der Waals surface area contributed by atoms with Gasteiger partial charge < -0.3 is 9.64 Å². The number of benzene rings is 1. The molecule has 1 aromatic carbocycles.